The number of benzene rings is 1. The average molecular weight is 270 g/mol. The van der Waals surface area contributed by atoms with Crippen LogP contribution in [-0.4, -0.2) is 23.0 Å². The maximum absolute atomic E-state index is 11.5. The van der Waals surface area contributed by atoms with E-state index in [9.17, 15) is 4.79 Å². The molecule has 2 aromatic heterocycles. The smallest absolute Gasteiger partial charge is 0.337 e. The van der Waals surface area contributed by atoms with Crippen LogP contribution in [0, 0.1) is 0 Å². The Hall–Kier alpha value is -2.27. The minimum absolute atomic E-state index is 0.347. The summed E-state index contributed by atoms with van der Waals surface area (Å²) in [5.41, 5.74) is 2.34. The van der Waals surface area contributed by atoms with Crippen LogP contribution in [0.15, 0.2) is 42.7 Å². The molecule has 0 spiro atoms. The first-order chi connectivity index (χ1) is 9.28. The third-order valence-electron chi connectivity index (χ3n) is 2.74. The Morgan fingerprint density at radius 1 is 1.21 bits per heavy atom. The molecule has 5 heteroatoms. The number of methoxy groups -OCH3 is 1. The van der Waals surface area contributed by atoms with Gasteiger partial charge in [-0.1, -0.05) is 0 Å². The van der Waals surface area contributed by atoms with Crippen LogP contribution in [-0.2, 0) is 4.74 Å². The van der Waals surface area contributed by atoms with Crippen molar-refractivity contribution in [3.8, 4) is 10.6 Å². The molecule has 0 aliphatic rings. The molecular formula is C14H10N2O2S. The number of carbonyl (C=O) groups is 1. The van der Waals surface area contributed by atoms with Crippen LogP contribution in [0.3, 0.4) is 0 Å². The zero-order valence-corrected chi connectivity index (χ0v) is 11.0. The van der Waals surface area contributed by atoms with Crippen molar-refractivity contribution < 1.29 is 9.53 Å². The summed E-state index contributed by atoms with van der Waals surface area (Å²) in [5.74, 6) is -0.347. The van der Waals surface area contributed by atoms with Crippen molar-refractivity contribution in [2.45, 2.75) is 0 Å². The third-order valence-corrected chi connectivity index (χ3v) is 3.82. The second-order valence-corrected chi connectivity index (χ2v) is 4.96. The molecule has 4 nitrogen and oxygen atoms in total. The van der Waals surface area contributed by atoms with Crippen LogP contribution >= 0.6 is 11.3 Å². The summed E-state index contributed by atoms with van der Waals surface area (Å²) < 4.78 is 5.75. The number of thiazole rings is 1. The van der Waals surface area contributed by atoms with E-state index in [1.54, 1.807) is 35.9 Å². The van der Waals surface area contributed by atoms with Crippen LogP contribution < -0.4 is 0 Å². The number of rotatable bonds is 2. The molecule has 3 aromatic rings. The number of fused-ring (bicyclic) bond motifs is 1. The standard InChI is InChI=1S/C14H10N2O2S/c1-18-14(17)10-2-3-12-11(8-10)16-13(19-12)9-4-6-15-7-5-9/h2-8H,1H3. The van der Waals surface area contributed by atoms with Crippen LogP contribution in [0.25, 0.3) is 20.8 Å². The van der Waals surface area contributed by atoms with E-state index in [1.807, 2.05) is 18.2 Å². The Bertz CT molecular complexity index is 738. The second-order valence-electron chi connectivity index (χ2n) is 3.93. The summed E-state index contributed by atoms with van der Waals surface area (Å²) in [6.45, 7) is 0. The van der Waals surface area contributed by atoms with E-state index in [0.717, 1.165) is 20.8 Å². The Morgan fingerprint density at radius 3 is 2.74 bits per heavy atom. The van der Waals surface area contributed by atoms with E-state index < -0.39 is 0 Å². The highest BCUT2D eigenvalue weighted by molar-refractivity contribution is 7.21. The Balaban J connectivity index is 2.09. The van der Waals surface area contributed by atoms with E-state index in [2.05, 4.69) is 9.97 Å². The largest absolute Gasteiger partial charge is 0.465 e. The first-order valence-corrected chi connectivity index (χ1v) is 6.49. The summed E-state index contributed by atoms with van der Waals surface area (Å²) in [6.07, 6.45) is 3.47. The molecule has 0 aliphatic heterocycles. The molecule has 0 bridgehead atoms. The molecule has 19 heavy (non-hydrogen) atoms. The summed E-state index contributed by atoms with van der Waals surface area (Å²) in [5, 5.41) is 0.916. The van der Waals surface area contributed by atoms with E-state index in [1.165, 1.54) is 7.11 Å². The first kappa shape index (κ1) is 11.8. The summed E-state index contributed by atoms with van der Waals surface area (Å²) in [4.78, 5) is 20.0. The lowest BCUT2D eigenvalue weighted by Crippen LogP contribution is -2.00. The maximum atomic E-state index is 11.5. The highest BCUT2D eigenvalue weighted by Crippen LogP contribution is 2.30. The van der Waals surface area contributed by atoms with Gasteiger partial charge in [0.2, 0.25) is 0 Å². The SMILES string of the molecule is COC(=O)c1ccc2sc(-c3ccncc3)nc2c1. The predicted octanol–water partition coefficient (Wildman–Crippen LogP) is 3.14. The van der Waals surface area contributed by atoms with Crippen molar-refractivity contribution in [3.05, 3.63) is 48.3 Å². The van der Waals surface area contributed by atoms with Gasteiger partial charge in [0.25, 0.3) is 0 Å². The van der Waals surface area contributed by atoms with Crippen molar-refractivity contribution in [3.63, 3.8) is 0 Å². The maximum Gasteiger partial charge on any atom is 0.337 e. The van der Waals surface area contributed by atoms with E-state index >= 15 is 0 Å². The molecule has 2 heterocycles. The molecular weight excluding hydrogens is 260 g/mol. The molecule has 0 radical (unpaired) electrons. The predicted molar refractivity (Wildman–Crippen MR) is 74.2 cm³/mol. The molecule has 0 unspecified atom stereocenters. The van der Waals surface area contributed by atoms with Crippen LogP contribution in [0.4, 0.5) is 0 Å². The van der Waals surface area contributed by atoms with Crippen LogP contribution in [0.2, 0.25) is 0 Å². The molecule has 94 valence electrons. The van der Waals surface area contributed by atoms with E-state index in [4.69, 9.17) is 4.74 Å². The highest BCUT2D eigenvalue weighted by Gasteiger charge is 2.10. The Kier molecular flexibility index (Phi) is 2.97. The number of carbonyl (C=O) groups excluding carboxylic acids is 1. The van der Waals surface area contributed by atoms with Gasteiger partial charge in [-0.2, -0.15) is 0 Å². The Labute approximate surface area is 113 Å². The third kappa shape index (κ3) is 2.20. The number of hydrogen-bond acceptors (Lipinski definition) is 5. The number of ether oxygens (including phenoxy) is 1. The fraction of sp³-hybridized carbons (Fsp3) is 0.0714. The molecule has 0 saturated heterocycles. The lowest BCUT2D eigenvalue weighted by molar-refractivity contribution is 0.0601. The molecule has 0 atom stereocenters. The monoisotopic (exact) mass is 270 g/mol. The number of hydrogen-bond donors (Lipinski definition) is 0. The lowest BCUT2D eigenvalue weighted by atomic mass is 10.2. The minimum Gasteiger partial charge on any atom is -0.465 e. The quantitative estimate of drug-likeness (QED) is 0.671. The lowest BCUT2D eigenvalue weighted by Gasteiger charge is -1.97. The fourth-order valence-corrected chi connectivity index (χ4v) is 2.74. The molecule has 0 amide bonds. The minimum atomic E-state index is -0.347. The van der Waals surface area contributed by atoms with Gasteiger partial charge in [-0.15, -0.1) is 11.3 Å². The van der Waals surface area contributed by atoms with Gasteiger partial charge in [-0.3, -0.25) is 4.98 Å². The average Bonchev–Trinajstić information content (AvgIpc) is 2.90. The zero-order chi connectivity index (χ0) is 13.2. The number of nitrogens with zero attached hydrogens (tertiary/aromatic N) is 2. The van der Waals surface area contributed by atoms with Crippen molar-refractivity contribution in [2.75, 3.05) is 7.11 Å². The molecule has 0 fully saturated rings. The second kappa shape index (κ2) is 4.78. The normalized spacial score (nSPS) is 10.6. The summed E-state index contributed by atoms with van der Waals surface area (Å²) in [7, 11) is 1.37. The Morgan fingerprint density at radius 2 is 2.00 bits per heavy atom. The summed E-state index contributed by atoms with van der Waals surface area (Å²) in [6, 6.07) is 9.23. The van der Waals surface area contributed by atoms with Gasteiger partial charge >= 0.3 is 5.97 Å². The van der Waals surface area contributed by atoms with E-state index in [0.29, 0.717) is 5.56 Å². The van der Waals surface area contributed by atoms with Gasteiger partial charge in [0.15, 0.2) is 0 Å². The van der Waals surface area contributed by atoms with E-state index in [-0.39, 0.29) is 5.97 Å². The van der Waals surface area contributed by atoms with Gasteiger partial charge in [0.05, 0.1) is 22.9 Å². The molecule has 0 N–H and O–H groups in total. The molecule has 1 aromatic carbocycles. The zero-order valence-electron chi connectivity index (χ0n) is 10.2. The van der Waals surface area contributed by atoms with Gasteiger partial charge in [0.1, 0.15) is 5.01 Å². The number of aromatic nitrogens is 2. The fourth-order valence-electron chi connectivity index (χ4n) is 1.79. The highest BCUT2D eigenvalue weighted by atomic mass is 32.1. The van der Waals surface area contributed by atoms with Crippen molar-refractivity contribution in [1.29, 1.82) is 0 Å². The van der Waals surface area contributed by atoms with Gasteiger partial charge < -0.3 is 4.74 Å². The van der Waals surface area contributed by atoms with Crippen LogP contribution in [0.1, 0.15) is 10.4 Å². The van der Waals surface area contributed by atoms with Gasteiger partial charge in [-0.05, 0) is 30.3 Å². The van der Waals surface area contributed by atoms with Gasteiger partial charge in [0, 0.05) is 18.0 Å². The van der Waals surface area contributed by atoms with Crippen LogP contribution in [0.5, 0.6) is 0 Å². The number of esters is 1. The van der Waals surface area contributed by atoms with Crippen molar-refractivity contribution in [2.24, 2.45) is 0 Å². The number of pyridine rings is 1. The topological polar surface area (TPSA) is 52.1 Å². The van der Waals surface area contributed by atoms with Crippen molar-refractivity contribution in [1.82, 2.24) is 9.97 Å². The van der Waals surface area contributed by atoms with Gasteiger partial charge in [-0.25, -0.2) is 9.78 Å². The molecule has 0 saturated carbocycles. The molecule has 3 rings (SSSR count). The van der Waals surface area contributed by atoms with Crippen molar-refractivity contribution >= 4 is 27.5 Å². The first-order valence-electron chi connectivity index (χ1n) is 5.67. The summed E-state index contributed by atoms with van der Waals surface area (Å²) >= 11 is 1.59. The molecule has 0 aliphatic carbocycles.